The molecule has 0 aromatic heterocycles. The number of carboxylic acids is 4. The standard InChI is InChI=1S/C20H30N4O12/c21-10(17(29)30)3-6-14(26)23-12(19(33)34)5-8-16(28)24-13(20(35)36)4-7-15(27)22-11(18(31)32)2-1-9-25/h9-13H,1-8,21H2,(H,22,27)(H,23,26)(H,24,28)(H,29,30)(H,31,32)(H,33,34)(H,35,36). The van der Waals surface area contributed by atoms with Crippen molar-refractivity contribution >= 4 is 47.9 Å². The largest absolute Gasteiger partial charge is 0.480 e. The molecule has 4 unspecified atom stereocenters. The Kier molecular flexibility index (Phi) is 14.7. The maximum absolute atomic E-state index is 12.1. The summed E-state index contributed by atoms with van der Waals surface area (Å²) in [5.74, 6) is -8.19. The normalized spacial score (nSPS) is 13.8. The molecular weight excluding hydrogens is 488 g/mol. The lowest BCUT2D eigenvalue weighted by atomic mass is 10.1. The number of nitrogens with two attached hydrogens (primary N) is 1. The molecular formula is C20H30N4O12. The van der Waals surface area contributed by atoms with E-state index in [1.54, 1.807) is 0 Å². The first kappa shape index (κ1) is 31.9. The molecule has 0 saturated heterocycles. The van der Waals surface area contributed by atoms with E-state index in [4.69, 9.17) is 15.9 Å². The minimum absolute atomic E-state index is 0.112. The second-order valence-corrected chi connectivity index (χ2v) is 7.68. The lowest BCUT2D eigenvalue weighted by Crippen LogP contribution is -2.45. The lowest BCUT2D eigenvalue weighted by Gasteiger charge is -2.18. The van der Waals surface area contributed by atoms with E-state index in [2.05, 4.69) is 16.0 Å². The molecule has 0 rings (SSSR count). The number of carboxylic acid groups (broad SMARTS) is 4. The second kappa shape index (κ2) is 16.5. The Morgan fingerprint density at radius 3 is 1.22 bits per heavy atom. The Morgan fingerprint density at radius 1 is 0.583 bits per heavy atom. The molecule has 0 aliphatic rings. The highest BCUT2D eigenvalue weighted by Gasteiger charge is 2.26. The Morgan fingerprint density at radius 2 is 0.917 bits per heavy atom. The molecule has 3 amide bonds. The molecule has 16 nitrogen and oxygen atoms in total. The van der Waals surface area contributed by atoms with Crippen molar-refractivity contribution in [1.82, 2.24) is 16.0 Å². The summed E-state index contributed by atoms with van der Waals surface area (Å²) < 4.78 is 0. The molecule has 36 heavy (non-hydrogen) atoms. The predicted molar refractivity (Wildman–Crippen MR) is 117 cm³/mol. The number of hydrogen-bond donors (Lipinski definition) is 8. The van der Waals surface area contributed by atoms with Crippen molar-refractivity contribution in [3.8, 4) is 0 Å². The first-order valence-corrected chi connectivity index (χ1v) is 10.8. The van der Waals surface area contributed by atoms with Gasteiger partial charge in [-0.05, 0) is 25.7 Å². The smallest absolute Gasteiger partial charge is 0.326 e. The molecule has 4 atom stereocenters. The van der Waals surface area contributed by atoms with E-state index in [9.17, 15) is 48.6 Å². The van der Waals surface area contributed by atoms with E-state index in [1.807, 2.05) is 0 Å². The minimum atomic E-state index is -1.54. The van der Waals surface area contributed by atoms with Crippen molar-refractivity contribution in [2.24, 2.45) is 5.73 Å². The Balaban J connectivity index is 4.75. The van der Waals surface area contributed by atoms with Gasteiger partial charge in [-0.1, -0.05) is 0 Å². The summed E-state index contributed by atoms with van der Waals surface area (Å²) in [6, 6.07) is -5.72. The average molecular weight is 518 g/mol. The van der Waals surface area contributed by atoms with Crippen LogP contribution in [-0.2, 0) is 38.4 Å². The fourth-order valence-corrected chi connectivity index (χ4v) is 2.77. The van der Waals surface area contributed by atoms with Crippen LogP contribution in [0.2, 0.25) is 0 Å². The molecule has 0 radical (unpaired) electrons. The highest BCUT2D eigenvalue weighted by Crippen LogP contribution is 2.05. The van der Waals surface area contributed by atoms with Crippen LogP contribution in [0.5, 0.6) is 0 Å². The molecule has 9 N–H and O–H groups in total. The van der Waals surface area contributed by atoms with Crippen LogP contribution < -0.4 is 21.7 Å². The zero-order valence-corrected chi connectivity index (χ0v) is 19.2. The van der Waals surface area contributed by atoms with E-state index in [0.717, 1.165) is 0 Å². The quantitative estimate of drug-likeness (QED) is 0.0817. The summed E-state index contributed by atoms with van der Waals surface area (Å²) in [6.07, 6.45) is -2.19. The van der Waals surface area contributed by atoms with Crippen molar-refractivity contribution in [2.45, 2.75) is 75.5 Å². The van der Waals surface area contributed by atoms with Gasteiger partial charge in [0.2, 0.25) is 17.7 Å². The summed E-state index contributed by atoms with van der Waals surface area (Å²) in [7, 11) is 0. The lowest BCUT2D eigenvalue weighted by molar-refractivity contribution is -0.144. The Bertz CT molecular complexity index is 847. The third-order valence-electron chi connectivity index (χ3n) is 4.79. The van der Waals surface area contributed by atoms with Crippen LogP contribution in [0.3, 0.4) is 0 Å². The molecule has 202 valence electrons. The zero-order valence-electron chi connectivity index (χ0n) is 19.2. The third kappa shape index (κ3) is 13.6. The van der Waals surface area contributed by atoms with Gasteiger partial charge in [0.05, 0.1) is 0 Å². The van der Waals surface area contributed by atoms with Gasteiger partial charge < -0.3 is 46.9 Å². The van der Waals surface area contributed by atoms with E-state index in [0.29, 0.717) is 6.29 Å². The van der Waals surface area contributed by atoms with Crippen LogP contribution in [0.4, 0.5) is 0 Å². The zero-order chi connectivity index (χ0) is 27.8. The fraction of sp³-hybridized carbons (Fsp3) is 0.600. The molecule has 0 saturated carbocycles. The van der Waals surface area contributed by atoms with Crippen LogP contribution in [0, 0.1) is 0 Å². The summed E-state index contributed by atoms with van der Waals surface area (Å²) in [4.78, 5) is 90.8. The number of aldehydes is 1. The summed E-state index contributed by atoms with van der Waals surface area (Å²) in [6.45, 7) is 0. The van der Waals surface area contributed by atoms with Crippen molar-refractivity contribution in [2.75, 3.05) is 0 Å². The van der Waals surface area contributed by atoms with Crippen LogP contribution in [0.25, 0.3) is 0 Å². The molecule has 0 aromatic carbocycles. The van der Waals surface area contributed by atoms with Gasteiger partial charge >= 0.3 is 23.9 Å². The fourth-order valence-electron chi connectivity index (χ4n) is 2.77. The van der Waals surface area contributed by atoms with Crippen molar-refractivity contribution in [3.63, 3.8) is 0 Å². The van der Waals surface area contributed by atoms with Crippen molar-refractivity contribution in [3.05, 3.63) is 0 Å². The van der Waals surface area contributed by atoms with Gasteiger partial charge in [-0.2, -0.15) is 0 Å². The maximum atomic E-state index is 12.1. The number of rotatable bonds is 19. The van der Waals surface area contributed by atoms with Gasteiger partial charge in [-0.25, -0.2) is 14.4 Å². The first-order chi connectivity index (χ1) is 16.8. The number of hydrogen-bond acceptors (Lipinski definition) is 9. The molecule has 0 aliphatic carbocycles. The van der Waals surface area contributed by atoms with Crippen LogP contribution in [0.1, 0.15) is 51.4 Å². The van der Waals surface area contributed by atoms with Crippen LogP contribution >= 0.6 is 0 Å². The number of aliphatic carboxylic acids is 4. The monoisotopic (exact) mass is 518 g/mol. The topological polar surface area (TPSA) is 280 Å². The minimum Gasteiger partial charge on any atom is -0.480 e. The van der Waals surface area contributed by atoms with Gasteiger partial charge in [-0.15, -0.1) is 0 Å². The molecule has 0 spiro atoms. The Labute approximate surface area is 204 Å². The SMILES string of the molecule is NC(CCC(=O)NC(CCC(=O)NC(CCC(=O)NC(CCC=O)C(=O)O)C(=O)O)C(=O)O)C(=O)O. The van der Waals surface area contributed by atoms with E-state index in [1.165, 1.54) is 0 Å². The highest BCUT2D eigenvalue weighted by molar-refractivity contribution is 5.87. The first-order valence-electron chi connectivity index (χ1n) is 10.8. The van der Waals surface area contributed by atoms with Gasteiger partial charge in [-0.3, -0.25) is 19.2 Å². The molecule has 16 heteroatoms. The highest BCUT2D eigenvalue weighted by atomic mass is 16.4. The number of carbonyl (C=O) groups excluding carboxylic acids is 4. The maximum Gasteiger partial charge on any atom is 0.326 e. The van der Waals surface area contributed by atoms with E-state index >= 15 is 0 Å². The van der Waals surface area contributed by atoms with Gasteiger partial charge in [0.15, 0.2) is 0 Å². The second-order valence-electron chi connectivity index (χ2n) is 7.68. The summed E-state index contributed by atoms with van der Waals surface area (Å²) in [5.41, 5.74) is 5.26. The summed E-state index contributed by atoms with van der Waals surface area (Å²) >= 11 is 0. The number of carbonyl (C=O) groups is 8. The molecule has 0 bridgehead atoms. The molecule has 0 heterocycles. The Hall–Kier alpha value is -4.08. The molecule has 0 aliphatic heterocycles. The third-order valence-corrected chi connectivity index (χ3v) is 4.79. The average Bonchev–Trinajstić information content (AvgIpc) is 2.79. The van der Waals surface area contributed by atoms with Gasteiger partial charge in [0.25, 0.3) is 0 Å². The summed E-state index contributed by atoms with van der Waals surface area (Å²) in [5, 5.41) is 42.6. The van der Waals surface area contributed by atoms with E-state index in [-0.39, 0.29) is 25.7 Å². The van der Waals surface area contributed by atoms with Gasteiger partial charge in [0.1, 0.15) is 30.5 Å². The predicted octanol–water partition coefficient (Wildman–Crippen LogP) is -2.57. The van der Waals surface area contributed by atoms with E-state index < -0.39 is 91.4 Å². The van der Waals surface area contributed by atoms with Crippen molar-refractivity contribution < 1.29 is 58.8 Å². The van der Waals surface area contributed by atoms with Crippen LogP contribution in [-0.4, -0.2) is 92.5 Å². The molecule has 0 fully saturated rings. The molecule has 0 aromatic rings. The number of amides is 3. The van der Waals surface area contributed by atoms with Crippen molar-refractivity contribution in [1.29, 1.82) is 0 Å². The van der Waals surface area contributed by atoms with Gasteiger partial charge in [0, 0.05) is 25.7 Å². The van der Waals surface area contributed by atoms with Crippen LogP contribution in [0.15, 0.2) is 0 Å². The number of nitrogens with one attached hydrogen (secondary N) is 3.